The molecule has 1 aromatic rings. The van der Waals surface area contributed by atoms with E-state index in [1.54, 1.807) is 17.9 Å². The molecule has 2 aliphatic rings. The van der Waals surface area contributed by atoms with Crippen LogP contribution in [-0.2, 0) is 4.79 Å². The number of carbonyl (C=O) groups excluding carboxylic acids is 2. The fourth-order valence-corrected chi connectivity index (χ4v) is 2.57. The zero-order valence-corrected chi connectivity index (χ0v) is 11.0. The van der Waals surface area contributed by atoms with Crippen molar-refractivity contribution in [1.29, 1.82) is 0 Å². The third-order valence-corrected chi connectivity index (χ3v) is 3.83. The zero-order chi connectivity index (χ0) is 13.4. The van der Waals surface area contributed by atoms with Crippen molar-refractivity contribution in [2.24, 2.45) is 0 Å². The Morgan fingerprint density at radius 2 is 2.16 bits per heavy atom. The second-order valence-corrected chi connectivity index (χ2v) is 5.33. The van der Waals surface area contributed by atoms with Crippen molar-refractivity contribution in [3.8, 4) is 0 Å². The van der Waals surface area contributed by atoms with E-state index in [2.05, 4.69) is 5.32 Å². The molecule has 0 radical (unpaired) electrons. The van der Waals surface area contributed by atoms with Crippen molar-refractivity contribution in [3.05, 3.63) is 23.7 Å². The standard InChI is InChI=1S/C14H18N2O3/c1-9-11(6-8-19-9)14(18)16-7-2-3-12(16)13(17)15-10-4-5-10/h6,8,10,12H,2-5,7H2,1H3,(H,15,17)/t12-/m0/s1. The third-order valence-electron chi connectivity index (χ3n) is 3.83. The Labute approximate surface area is 111 Å². The smallest absolute Gasteiger partial charge is 0.258 e. The summed E-state index contributed by atoms with van der Waals surface area (Å²) in [5, 5.41) is 2.98. The number of hydrogen-bond donors (Lipinski definition) is 1. The van der Waals surface area contributed by atoms with Gasteiger partial charge in [0.1, 0.15) is 11.8 Å². The van der Waals surface area contributed by atoms with E-state index in [-0.39, 0.29) is 17.9 Å². The average molecular weight is 262 g/mol. The molecule has 0 bridgehead atoms. The molecule has 0 aromatic carbocycles. The lowest BCUT2D eigenvalue weighted by Gasteiger charge is -2.23. The minimum Gasteiger partial charge on any atom is -0.469 e. The molecule has 5 nitrogen and oxygen atoms in total. The highest BCUT2D eigenvalue weighted by Crippen LogP contribution is 2.24. The molecule has 1 aromatic heterocycles. The van der Waals surface area contributed by atoms with Crippen molar-refractivity contribution in [2.45, 2.75) is 44.7 Å². The highest BCUT2D eigenvalue weighted by atomic mass is 16.3. The average Bonchev–Trinajstić information content (AvgIpc) is 2.92. The fourth-order valence-electron chi connectivity index (χ4n) is 2.57. The first-order valence-electron chi connectivity index (χ1n) is 6.82. The molecule has 2 heterocycles. The molecule has 19 heavy (non-hydrogen) atoms. The summed E-state index contributed by atoms with van der Waals surface area (Å²) in [6, 6.07) is 1.69. The van der Waals surface area contributed by atoms with Gasteiger partial charge in [-0.2, -0.15) is 0 Å². The summed E-state index contributed by atoms with van der Waals surface area (Å²) in [5.74, 6) is 0.507. The molecule has 1 saturated heterocycles. The van der Waals surface area contributed by atoms with E-state index in [1.165, 1.54) is 6.26 Å². The molecule has 1 N–H and O–H groups in total. The van der Waals surface area contributed by atoms with E-state index in [0.29, 0.717) is 23.9 Å². The number of furan rings is 1. The number of hydrogen-bond acceptors (Lipinski definition) is 3. The van der Waals surface area contributed by atoms with Crippen LogP contribution in [0.25, 0.3) is 0 Å². The van der Waals surface area contributed by atoms with Crippen LogP contribution in [0, 0.1) is 6.92 Å². The van der Waals surface area contributed by atoms with Crippen LogP contribution in [0.1, 0.15) is 41.8 Å². The summed E-state index contributed by atoms with van der Waals surface area (Å²) in [6.45, 7) is 2.41. The number of likely N-dealkylation sites (tertiary alicyclic amines) is 1. The summed E-state index contributed by atoms with van der Waals surface area (Å²) < 4.78 is 5.17. The highest BCUT2D eigenvalue weighted by Gasteiger charge is 2.37. The topological polar surface area (TPSA) is 62.6 Å². The molecular formula is C14H18N2O3. The van der Waals surface area contributed by atoms with Crippen LogP contribution in [0.15, 0.2) is 16.7 Å². The highest BCUT2D eigenvalue weighted by molar-refractivity contribution is 5.98. The van der Waals surface area contributed by atoms with Gasteiger partial charge in [-0.3, -0.25) is 9.59 Å². The second kappa shape index (κ2) is 4.72. The number of rotatable bonds is 3. The van der Waals surface area contributed by atoms with Crippen LogP contribution in [0.5, 0.6) is 0 Å². The molecule has 1 aliphatic carbocycles. The Bertz CT molecular complexity index is 505. The first-order valence-corrected chi connectivity index (χ1v) is 6.82. The first kappa shape index (κ1) is 12.3. The van der Waals surface area contributed by atoms with Crippen molar-refractivity contribution < 1.29 is 14.0 Å². The number of amides is 2. The molecule has 2 amide bonds. The Morgan fingerprint density at radius 1 is 1.37 bits per heavy atom. The summed E-state index contributed by atoms with van der Waals surface area (Å²) >= 11 is 0. The van der Waals surface area contributed by atoms with E-state index in [4.69, 9.17) is 4.42 Å². The van der Waals surface area contributed by atoms with Crippen LogP contribution >= 0.6 is 0 Å². The SMILES string of the molecule is Cc1occc1C(=O)N1CCC[C@H]1C(=O)NC1CC1. The number of aryl methyl sites for hydroxylation is 1. The molecule has 102 valence electrons. The maximum atomic E-state index is 12.4. The summed E-state index contributed by atoms with van der Waals surface area (Å²) in [7, 11) is 0. The van der Waals surface area contributed by atoms with Crippen molar-refractivity contribution >= 4 is 11.8 Å². The van der Waals surface area contributed by atoms with Gasteiger partial charge in [-0.05, 0) is 38.7 Å². The molecule has 0 spiro atoms. The molecule has 5 heteroatoms. The molecule has 0 unspecified atom stereocenters. The third kappa shape index (κ3) is 2.37. The Kier molecular flexibility index (Phi) is 3.05. The van der Waals surface area contributed by atoms with E-state index >= 15 is 0 Å². The van der Waals surface area contributed by atoms with Gasteiger partial charge in [-0.25, -0.2) is 0 Å². The van der Waals surface area contributed by atoms with Crippen LogP contribution in [-0.4, -0.2) is 35.3 Å². The molecule has 2 fully saturated rings. The van der Waals surface area contributed by atoms with Gasteiger partial charge in [0.25, 0.3) is 5.91 Å². The van der Waals surface area contributed by atoms with E-state index in [9.17, 15) is 9.59 Å². The number of nitrogens with zero attached hydrogens (tertiary/aromatic N) is 1. The predicted octanol–water partition coefficient (Wildman–Crippen LogP) is 1.47. The lowest BCUT2D eigenvalue weighted by Crippen LogP contribution is -2.46. The van der Waals surface area contributed by atoms with Gasteiger partial charge >= 0.3 is 0 Å². The summed E-state index contributed by atoms with van der Waals surface area (Å²) in [6.07, 6.45) is 5.27. The van der Waals surface area contributed by atoms with Gasteiger partial charge in [0.15, 0.2) is 0 Å². The maximum absolute atomic E-state index is 12.4. The van der Waals surface area contributed by atoms with Crippen LogP contribution in [0.4, 0.5) is 0 Å². The number of nitrogens with one attached hydrogen (secondary N) is 1. The quantitative estimate of drug-likeness (QED) is 0.897. The van der Waals surface area contributed by atoms with Gasteiger partial charge in [0.2, 0.25) is 5.91 Å². The van der Waals surface area contributed by atoms with Crippen LogP contribution < -0.4 is 5.32 Å². The van der Waals surface area contributed by atoms with Crippen molar-refractivity contribution in [3.63, 3.8) is 0 Å². The van der Waals surface area contributed by atoms with E-state index in [1.807, 2.05) is 0 Å². The zero-order valence-electron chi connectivity index (χ0n) is 11.0. The normalized spacial score (nSPS) is 22.6. The van der Waals surface area contributed by atoms with Gasteiger partial charge in [-0.15, -0.1) is 0 Å². The van der Waals surface area contributed by atoms with Crippen LogP contribution in [0.3, 0.4) is 0 Å². The molecular weight excluding hydrogens is 244 g/mol. The van der Waals surface area contributed by atoms with E-state index < -0.39 is 0 Å². The lowest BCUT2D eigenvalue weighted by atomic mass is 10.1. The molecule has 1 saturated carbocycles. The first-order chi connectivity index (χ1) is 9.16. The molecule has 3 rings (SSSR count). The van der Waals surface area contributed by atoms with Crippen molar-refractivity contribution in [1.82, 2.24) is 10.2 Å². The van der Waals surface area contributed by atoms with E-state index in [0.717, 1.165) is 25.7 Å². The minimum absolute atomic E-state index is 0.00509. The Hall–Kier alpha value is -1.78. The number of carbonyl (C=O) groups is 2. The molecule has 1 aliphatic heterocycles. The van der Waals surface area contributed by atoms with Gasteiger partial charge in [0.05, 0.1) is 11.8 Å². The van der Waals surface area contributed by atoms with Gasteiger partial charge < -0.3 is 14.6 Å². The van der Waals surface area contributed by atoms with Gasteiger partial charge in [-0.1, -0.05) is 0 Å². The monoisotopic (exact) mass is 262 g/mol. The second-order valence-electron chi connectivity index (χ2n) is 5.33. The predicted molar refractivity (Wildman–Crippen MR) is 68.7 cm³/mol. The summed E-state index contributed by atoms with van der Waals surface area (Å²) in [5.41, 5.74) is 0.561. The lowest BCUT2D eigenvalue weighted by molar-refractivity contribution is -0.125. The maximum Gasteiger partial charge on any atom is 0.258 e. The van der Waals surface area contributed by atoms with Crippen molar-refractivity contribution in [2.75, 3.05) is 6.54 Å². The molecule has 1 atom stereocenters. The Morgan fingerprint density at radius 3 is 2.79 bits per heavy atom. The summed E-state index contributed by atoms with van der Waals surface area (Å²) in [4.78, 5) is 26.2. The fraction of sp³-hybridized carbons (Fsp3) is 0.571. The van der Waals surface area contributed by atoms with Gasteiger partial charge in [0, 0.05) is 12.6 Å². The minimum atomic E-state index is -0.317. The Balaban J connectivity index is 1.73. The van der Waals surface area contributed by atoms with Crippen LogP contribution in [0.2, 0.25) is 0 Å². The largest absolute Gasteiger partial charge is 0.469 e.